The van der Waals surface area contributed by atoms with Gasteiger partial charge in [0.05, 0.1) is 11.5 Å². The second-order valence-corrected chi connectivity index (χ2v) is 8.51. The summed E-state index contributed by atoms with van der Waals surface area (Å²) in [7, 11) is -2.78. The molecule has 1 aromatic rings. The van der Waals surface area contributed by atoms with Crippen molar-refractivity contribution in [2.45, 2.75) is 38.5 Å². The van der Waals surface area contributed by atoms with Gasteiger partial charge in [0, 0.05) is 13.0 Å². The minimum absolute atomic E-state index is 0.0652. The average Bonchev–Trinajstić information content (AvgIpc) is 2.84. The van der Waals surface area contributed by atoms with Crippen molar-refractivity contribution in [1.29, 1.82) is 0 Å². The maximum Gasteiger partial charge on any atom is 0.220 e. The van der Waals surface area contributed by atoms with Gasteiger partial charge in [0.25, 0.3) is 0 Å². The van der Waals surface area contributed by atoms with Gasteiger partial charge in [0.2, 0.25) is 5.91 Å². The molecule has 1 aliphatic rings. The first kappa shape index (κ1) is 17.0. The first-order valence-electron chi connectivity index (χ1n) is 7.98. The van der Waals surface area contributed by atoms with Gasteiger partial charge in [0.1, 0.15) is 0 Å². The van der Waals surface area contributed by atoms with E-state index in [1.807, 2.05) is 30.3 Å². The number of nitrogens with one attached hydrogen (secondary N) is 1. The van der Waals surface area contributed by atoms with Crippen molar-refractivity contribution in [3.05, 3.63) is 35.9 Å². The molecule has 2 unspecified atom stereocenters. The molecule has 0 saturated carbocycles. The molecular weight excluding hydrogens is 298 g/mol. The van der Waals surface area contributed by atoms with Crippen molar-refractivity contribution >= 4 is 15.7 Å². The van der Waals surface area contributed by atoms with E-state index < -0.39 is 9.84 Å². The third-order valence-corrected chi connectivity index (χ3v) is 6.14. The number of sulfone groups is 1. The molecule has 2 rings (SSSR count). The van der Waals surface area contributed by atoms with Crippen LogP contribution < -0.4 is 5.32 Å². The Morgan fingerprint density at radius 1 is 1.32 bits per heavy atom. The summed E-state index contributed by atoms with van der Waals surface area (Å²) in [6.07, 6.45) is 3.00. The Morgan fingerprint density at radius 2 is 2.05 bits per heavy atom. The molecule has 0 radical (unpaired) electrons. The third kappa shape index (κ3) is 5.44. The van der Waals surface area contributed by atoms with Crippen molar-refractivity contribution in [3.8, 4) is 0 Å². The van der Waals surface area contributed by atoms with Crippen LogP contribution in [0.25, 0.3) is 0 Å². The van der Waals surface area contributed by atoms with Gasteiger partial charge in [0.15, 0.2) is 9.84 Å². The highest BCUT2D eigenvalue weighted by molar-refractivity contribution is 7.91. The van der Waals surface area contributed by atoms with Crippen molar-refractivity contribution in [2.75, 3.05) is 18.1 Å². The standard InChI is InChI=1S/C17H25NO3S/c1-14(16-7-3-2-4-8-16)12-17(19)18-10-5-6-15-9-11-22(20,21)13-15/h2-4,7-8,14-15H,5-6,9-13H2,1H3,(H,18,19). The Kier molecular flexibility index (Phi) is 6.00. The molecule has 122 valence electrons. The Hall–Kier alpha value is -1.36. The van der Waals surface area contributed by atoms with Gasteiger partial charge in [-0.1, -0.05) is 37.3 Å². The average molecular weight is 323 g/mol. The van der Waals surface area contributed by atoms with E-state index >= 15 is 0 Å². The molecular formula is C17H25NO3S. The molecule has 1 fully saturated rings. The Bertz CT molecular complexity index is 583. The lowest BCUT2D eigenvalue weighted by Crippen LogP contribution is -2.26. The minimum atomic E-state index is -2.78. The Morgan fingerprint density at radius 3 is 2.68 bits per heavy atom. The number of amides is 1. The van der Waals surface area contributed by atoms with Gasteiger partial charge in [-0.05, 0) is 36.7 Å². The summed E-state index contributed by atoms with van der Waals surface area (Å²) >= 11 is 0. The van der Waals surface area contributed by atoms with Crippen LogP contribution in [0, 0.1) is 5.92 Å². The molecule has 1 saturated heterocycles. The molecule has 0 aromatic heterocycles. The second-order valence-electron chi connectivity index (χ2n) is 6.28. The fourth-order valence-corrected chi connectivity index (χ4v) is 4.88. The fourth-order valence-electron chi connectivity index (χ4n) is 2.97. The molecule has 1 aliphatic heterocycles. The number of hydrogen-bond donors (Lipinski definition) is 1. The molecule has 1 amide bonds. The fraction of sp³-hybridized carbons (Fsp3) is 0.588. The van der Waals surface area contributed by atoms with Crippen LogP contribution in [0.2, 0.25) is 0 Å². The summed E-state index contributed by atoms with van der Waals surface area (Å²) in [5.41, 5.74) is 1.17. The second kappa shape index (κ2) is 7.77. The summed E-state index contributed by atoms with van der Waals surface area (Å²) in [4.78, 5) is 11.9. The summed E-state index contributed by atoms with van der Waals surface area (Å²) in [5.74, 6) is 1.21. The number of hydrogen-bond acceptors (Lipinski definition) is 3. The first-order chi connectivity index (χ1) is 10.5. The highest BCUT2D eigenvalue weighted by Gasteiger charge is 2.27. The van der Waals surface area contributed by atoms with Crippen LogP contribution in [0.5, 0.6) is 0 Å². The van der Waals surface area contributed by atoms with Crippen molar-refractivity contribution in [1.82, 2.24) is 5.32 Å². The lowest BCUT2D eigenvalue weighted by atomic mass is 9.97. The SMILES string of the molecule is CC(CC(=O)NCCCC1CCS(=O)(=O)C1)c1ccccc1. The van der Waals surface area contributed by atoms with Gasteiger partial charge in [-0.25, -0.2) is 8.42 Å². The van der Waals surface area contributed by atoms with Gasteiger partial charge in [-0.2, -0.15) is 0 Å². The van der Waals surface area contributed by atoms with Crippen LogP contribution in [0.3, 0.4) is 0 Å². The lowest BCUT2D eigenvalue weighted by molar-refractivity contribution is -0.121. The zero-order valence-corrected chi connectivity index (χ0v) is 13.9. The highest BCUT2D eigenvalue weighted by atomic mass is 32.2. The number of carbonyl (C=O) groups excluding carboxylic acids is 1. The van der Waals surface area contributed by atoms with Gasteiger partial charge >= 0.3 is 0 Å². The van der Waals surface area contributed by atoms with Crippen LogP contribution in [0.4, 0.5) is 0 Å². The van der Waals surface area contributed by atoms with E-state index in [0.29, 0.717) is 24.5 Å². The van der Waals surface area contributed by atoms with Crippen molar-refractivity contribution < 1.29 is 13.2 Å². The molecule has 0 spiro atoms. The van der Waals surface area contributed by atoms with Gasteiger partial charge in [-0.3, -0.25) is 4.79 Å². The molecule has 22 heavy (non-hydrogen) atoms. The van der Waals surface area contributed by atoms with E-state index in [2.05, 4.69) is 12.2 Å². The minimum Gasteiger partial charge on any atom is -0.356 e. The summed E-state index contributed by atoms with van der Waals surface area (Å²) in [5, 5.41) is 2.94. The molecule has 1 N–H and O–H groups in total. The monoisotopic (exact) mass is 323 g/mol. The van der Waals surface area contributed by atoms with E-state index in [1.54, 1.807) is 0 Å². The molecule has 1 heterocycles. The molecule has 4 nitrogen and oxygen atoms in total. The van der Waals surface area contributed by atoms with Crippen molar-refractivity contribution in [2.24, 2.45) is 5.92 Å². The normalized spacial score (nSPS) is 21.4. The predicted molar refractivity (Wildman–Crippen MR) is 88.5 cm³/mol. The molecule has 0 bridgehead atoms. The third-order valence-electron chi connectivity index (χ3n) is 4.30. The highest BCUT2D eigenvalue weighted by Crippen LogP contribution is 2.22. The predicted octanol–water partition coefficient (Wildman–Crippen LogP) is 2.51. The topological polar surface area (TPSA) is 63.2 Å². The summed E-state index contributed by atoms with van der Waals surface area (Å²) in [6.45, 7) is 2.69. The summed E-state index contributed by atoms with van der Waals surface area (Å²) < 4.78 is 22.7. The molecule has 5 heteroatoms. The van der Waals surface area contributed by atoms with Gasteiger partial charge < -0.3 is 5.32 Å². The Balaban J connectivity index is 1.62. The maximum absolute atomic E-state index is 11.9. The molecule has 2 atom stereocenters. The Labute approximate surface area is 133 Å². The van der Waals surface area contributed by atoms with E-state index in [1.165, 1.54) is 5.56 Å². The zero-order chi connectivity index (χ0) is 16.0. The van der Waals surface area contributed by atoms with Gasteiger partial charge in [-0.15, -0.1) is 0 Å². The van der Waals surface area contributed by atoms with Crippen LogP contribution >= 0.6 is 0 Å². The van der Waals surface area contributed by atoms with Crippen LogP contribution in [0.1, 0.15) is 44.1 Å². The zero-order valence-electron chi connectivity index (χ0n) is 13.1. The molecule has 0 aliphatic carbocycles. The number of carbonyl (C=O) groups is 1. The van der Waals surface area contributed by atoms with E-state index in [9.17, 15) is 13.2 Å². The van der Waals surface area contributed by atoms with E-state index in [4.69, 9.17) is 0 Å². The van der Waals surface area contributed by atoms with Crippen LogP contribution in [0.15, 0.2) is 30.3 Å². The maximum atomic E-state index is 11.9. The quantitative estimate of drug-likeness (QED) is 0.784. The molecule has 1 aromatic carbocycles. The largest absolute Gasteiger partial charge is 0.356 e. The van der Waals surface area contributed by atoms with E-state index in [-0.39, 0.29) is 17.7 Å². The smallest absolute Gasteiger partial charge is 0.220 e. The lowest BCUT2D eigenvalue weighted by Gasteiger charge is -2.12. The van der Waals surface area contributed by atoms with Crippen LogP contribution in [-0.4, -0.2) is 32.4 Å². The number of rotatable bonds is 7. The summed E-state index contributed by atoms with van der Waals surface area (Å²) in [6, 6.07) is 10.0. The van der Waals surface area contributed by atoms with E-state index in [0.717, 1.165) is 19.3 Å². The first-order valence-corrected chi connectivity index (χ1v) is 9.80. The number of benzene rings is 1. The van der Waals surface area contributed by atoms with Crippen molar-refractivity contribution in [3.63, 3.8) is 0 Å². The van der Waals surface area contributed by atoms with Crippen LogP contribution in [-0.2, 0) is 14.6 Å².